The van der Waals surface area contributed by atoms with Crippen LogP contribution in [0.2, 0.25) is 0 Å². The largest absolute Gasteiger partial charge is 0.399 e. The Balaban J connectivity index is 0.00000121. The third kappa shape index (κ3) is 4.74. The van der Waals surface area contributed by atoms with Crippen molar-refractivity contribution in [2.24, 2.45) is 0 Å². The average molecular weight is 361 g/mol. The van der Waals surface area contributed by atoms with Crippen LogP contribution in [0.4, 0.5) is 10.8 Å². The van der Waals surface area contributed by atoms with Crippen LogP contribution in [0.25, 0.3) is 0 Å². The first-order valence-electron chi connectivity index (χ1n) is 6.94. The minimum absolute atomic E-state index is 0. The molecule has 7 heteroatoms. The van der Waals surface area contributed by atoms with Crippen LogP contribution in [-0.4, -0.2) is 36.1 Å². The summed E-state index contributed by atoms with van der Waals surface area (Å²) >= 11 is 1.74. The molecule has 0 amide bonds. The molecule has 3 rings (SSSR count). The number of piperazine rings is 1. The predicted octanol–water partition coefficient (Wildman–Crippen LogP) is 3.20. The van der Waals surface area contributed by atoms with Crippen LogP contribution in [0.5, 0.6) is 0 Å². The van der Waals surface area contributed by atoms with Gasteiger partial charge in [0.25, 0.3) is 0 Å². The number of rotatable bonds is 3. The van der Waals surface area contributed by atoms with Crippen molar-refractivity contribution in [2.75, 3.05) is 36.8 Å². The van der Waals surface area contributed by atoms with Crippen LogP contribution in [0.15, 0.2) is 29.6 Å². The molecule has 0 saturated carbocycles. The highest BCUT2D eigenvalue weighted by Crippen LogP contribution is 2.22. The van der Waals surface area contributed by atoms with Crippen LogP contribution in [0, 0.1) is 6.92 Å². The Labute approximate surface area is 148 Å². The smallest absolute Gasteiger partial charge is 0.185 e. The summed E-state index contributed by atoms with van der Waals surface area (Å²) in [6, 6.07) is 8.18. The Morgan fingerprint density at radius 1 is 1.18 bits per heavy atom. The molecule has 1 aromatic heterocycles. The maximum absolute atomic E-state index is 5.83. The highest BCUT2D eigenvalue weighted by molar-refractivity contribution is 7.13. The summed E-state index contributed by atoms with van der Waals surface area (Å²) in [6.07, 6.45) is 0. The molecule has 4 nitrogen and oxygen atoms in total. The lowest BCUT2D eigenvalue weighted by Crippen LogP contribution is -2.45. The van der Waals surface area contributed by atoms with E-state index in [1.54, 1.807) is 11.3 Å². The Bertz CT molecular complexity index is 582. The molecule has 1 aromatic carbocycles. The van der Waals surface area contributed by atoms with E-state index >= 15 is 0 Å². The second-order valence-electron chi connectivity index (χ2n) is 5.28. The Hall–Kier alpha value is -1.01. The highest BCUT2D eigenvalue weighted by Gasteiger charge is 2.19. The van der Waals surface area contributed by atoms with Gasteiger partial charge < -0.3 is 10.6 Å². The molecular formula is C15H22Cl2N4S. The quantitative estimate of drug-likeness (QED) is 0.853. The van der Waals surface area contributed by atoms with Gasteiger partial charge in [-0.05, 0) is 24.6 Å². The van der Waals surface area contributed by atoms with Gasteiger partial charge in [-0.1, -0.05) is 12.1 Å². The highest BCUT2D eigenvalue weighted by atomic mass is 35.5. The van der Waals surface area contributed by atoms with E-state index in [1.807, 2.05) is 12.1 Å². The summed E-state index contributed by atoms with van der Waals surface area (Å²) in [5.41, 5.74) is 9.09. The monoisotopic (exact) mass is 360 g/mol. The van der Waals surface area contributed by atoms with Gasteiger partial charge in [-0.15, -0.1) is 36.2 Å². The van der Waals surface area contributed by atoms with Crippen molar-refractivity contribution in [3.8, 4) is 0 Å². The van der Waals surface area contributed by atoms with Crippen LogP contribution in [0.1, 0.15) is 11.3 Å². The Kier molecular flexibility index (Phi) is 7.42. The van der Waals surface area contributed by atoms with E-state index < -0.39 is 0 Å². The fourth-order valence-electron chi connectivity index (χ4n) is 2.53. The van der Waals surface area contributed by atoms with Crippen LogP contribution < -0.4 is 10.6 Å². The van der Waals surface area contributed by atoms with E-state index in [4.69, 9.17) is 5.73 Å². The van der Waals surface area contributed by atoms with Crippen molar-refractivity contribution >= 4 is 47.0 Å². The first kappa shape index (κ1) is 19.0. The topological polar surface area (TPSA) is 45.4 Å². The van der Waals surface area contributed by atoms with E-state index in [-0.39, 0.29) is 24.8 Å². The van der Waals surface area contributed by atoms with E-state index in [0.29, 0.717) is 0 Å². The standard InChI is InChI=1S/C15H20N4S.2ClH/c1-12-11-20-15(17-12)19-7-5-18(6-8-19)10-13-3-2-4-14(16)9-13;;/h2-4,9,11H,5-8,10,16H2,1H3;2*1H. The van der Waals surface area contributed by atoms with Crippen molar-refractivity contribution in [2.45, 2.75) is 13.5 Å². The molecule has 0 aliphatic carbocycles. The number of nitrogens with two attached hydrogens (primary N) is 1. The maximum Gasteiger partial charge on any atom is 0.185 e. The van der Waals surface area contributed by atoms with Crippen molar-refractivity contribution in [1.29, 1.82) is 0 Å². The van der Waals surface area contributed by atoms with E-state index in [9.17, 15) is 0 Å². The number of aryl methyl sites for hydroxylation is 1. The first-order valence-corrected chi connectivity index (χ1v) is 7.82. The molecule has 2 heterocycles. The lowest BCUT2D eigenvalue weighted by molar-refractivity contribution is 0.250. The number of hydrogen-bond acceptors (Lipinski definition) is 5. The Morgan fingerprint density at radius 2 is 1.91 bits per heavy atom. The third-order valence-electron chi connectivity index (χ3n) is 3.61. The normalized spacial score (nSPS) is 15.0. The average Bonchev–Trinajstić information content (AvgIpc) is 2.86. The van der Waals surface area contributed by atoms with Crippen molar-refractivity contribution in [3.63, 3.8) is 0 Å². The number of thiazole rings is 1. The SMILES string of the molecule is Cc1csc(N2CCN(Cc3cccc(N)c3)CC2)n1.Cl.Cl. The molecule has 1 aliphatic rings. The number of hydrogen-bond donors (Lipinski definition) is 1. The molecule has 122 valence electrons. The zero-order valence-electron chi connectivity index (χ0n) is 12.6. The molecule has 0 radical (unpaired) electrons. The lowest BCUT2D eigenvalue weighted by atomic mass is 10.2. The molecule has 2 aromatic rings. The fraction of sp³-hybridized carbons (Fsp3) is 0.400. The molecule has 1 saturated heterocycles. The van der Waals surface area contributed by atoms with Crippen LogP contribution >= 0.6 is 36.2 Å². The van der Waals surface area contributed by atoms with Crippen LogP contribution in [-0.2, 0) is 6.54 Å². The number of aromatic nitrogens is 1. The van der Waals surface area contributed by atoms with E-state index in [0.717, 1.165) is 49.2 Å². The number of anilines is 2. The summed E-state index contributed by atoms with van der Waals surface area (Å²) in [4.78, 5) is 9.42. The van der Waals surface area contributed by atoms with Crippen LogP contribution in [0.3, 0.4) is 0 Å². The molecule has 0 atom stereocenters. The lowest BCUT2D eigenvalue weighted by Gasteiger charge is -2.34. The van der Waals surface area contributed by atoms with E-state index in [1.165, 1.54) is 5.56 Å². The van der Waals surface area contributed by atoms with Gasteiger partial charge in [-0.3, -0.25) is 4.90 Å². The zero-order valence-corrected chi connectivity index (χ0v) is 15.0. The summed E-state index contributed by atoms with van der Waals surface area (Å²) in [5.74, 6) is 0. The molecule has 22 heavy (non-hydrogen) atoms. The first-order chi connectivity index (χ1) is 9.70. The van der Waals surface area contributed by atoms with Gasteiger partial charge in [-0.25, -0.2) is 4.98 Å². The minimum Gasteiger partial charge on any atom is -0.399 e. The molecule has 1 fully saturated rings. The predicted molar refractivity (Wildman–Crippen MR) is 99.7 cm³/mol. The molecule has 0 bridgehead atoms. The Morgan fingerprint density at radius 3 is 2.50 bits per heavy atom. The summed E-state index contributed by atoms with van der Waals surface area (Å²) in [7, 11) is 0. The third-order valence-corrected chi connectivity index (χ3v) is 4.63. The van der Waals surface area contributed by atoms with Gasteiger partial charge in [0.2, 0.25) is 0 Å². The van der Waals surface area contributed by atoms with Gasteiger partial charge in [0.1, 0.15) is 0 Å². The molecule has 1 aliphatic heterocycles. The van der Waals surface area contributed by atoms with Gasteiger partial charge in [0.15, 0.2) is 5.13 Å². The maximum atomic E-state index is 5.83. The van der Waals surface area contributed by atoms with E-state index in [2.05, 4.69) is 39.2 Å². The minimum atomic E-state index is 0. The number of halogens is 2. The second kappa shape index (κ2) is 8.58. The second-order valence-corrected chi connectivity index (χ2v) is 6.12. The number of nitrogens with zero attached hydrogens (tertiary/aromatic N) is 3. The van der Waals surface area contributed by atoms with Crippen molar-refractivity contribution < 1.29 is 0 Å². The van der Waals surface area contributed by atoms with Crippen molar-refractivity contribution in [1.82, 2.24) is 9.88 Å². The number of nitrogen functional groups attached to an aromatic ring is 1. The summed E-state index contributed by atoms with van der Waals surface area (Å²) < 4.78 is 0. The molecule has 2 N–H and O–H groups in total. The summed E-state index contributed by atoms with van der Waals surface area (Å²) in [5, 5.41) is 3.28. The number of benzene rings is 1. The van der Waals surface area contributed by atoms with Gasteiger partial charge in [0, 0.05) is 43.8 Å². The molecular weight excluding hydrogens is 339 g/mol. The van der Waals surface area contributed by atoms with Crippen molar-refractivity contribution in [3.05, 3.63) is 40.9 Å². The summed E-state index contributed by atoms with van der Waals surface area (Å²) in [6.45, 7) is 7.29. The molecule has 0 unspecified atom stereocenters. The zero-order chi connectivity index (χ0) is 13.9. The fourth-order valence-corrected chi connectivity index (χ4v) is 3.39. The van der Waals surface area contributed by atoms with Gasteiger partial charge in [0.05, 0.1) is 5.69 Å². The van der Waals surface area contributed by atoms with Gasteiger partial charge >= 0.3 is 0 Å². The van der Waals surface area contributed by atoms with Gasteiger partial charge in [-0.2, -0.15) is 0 Å². The molecule has 0 spiro atoms.